The Bertz CT molecular complexity index is 793. The Morgan fingerprint density at radius 2 is 1.84 bits per heavy atom. The summed E-state index contributed by atoms with van der Waals surface area (Å²) in [5, 5.41) is 2.34. The molecule has 0 bridgehead atoms. The molecule has 1 aliphatic heterocycles. The third-order valence-electron chi connectivity index (χ3n) is 3.47. The van der Waals surface area contributed by atoms with E-state index in [0.717, 1.165) is 0 Å². The van der Waals surface area contributed by atoms with E-state index in [1.165, 1.54) is 18.2 Å². The molecule has 25 heavy (non-hydrogen) atoms. The molecule has 0 saturated carbocycles. The molecule has 0 fully saturated rings. The standard InChI is InChI=1S/C18H16FNO5/c19-13-3-1-2-4-14(13)20-17(21)11-25-18(22)10-12-5-6-15-16(9-12)24-8-7-23-15/h1-6,9H,7-8,10-11H2,(H,20,21). The largest absolute Gasteiger partial charge is 0.486 e. The molecule has 0 spiro atoms. The minimum absolute atomic E-state index is 0.0103. The normalized spacial score (nSPS) is 12.4. The molecule has 3 rings (SSSR count). The van der Waals surface area contributed by atoms with Gasteiger partial charge in [-0.2, -0.15) is 0 Å². The van der Waals surface area contributed by atoms with Crippen molar-refractivity contribution in [1.82, 2.24) is 0 Å². The summed E-state index contributed by atoms with van der Waals surface area (Å²) >= 11 is 0. The van der Waals surface area contributed by atoms with Gasteiger partial charge in [-0.1, -0.05) is 18.2 Å². The van der Waals surface area contributed by atoms with Gasteiger partial charge in [-0.25, -0.2) is 4.39 Å². The van der Waals surface area contributed by atoms with E-state index in [4.69, 9.17) is 14.2 Å². The first kappa shape index (κ1) is 16.8. The number of carbonyl (C=O) groups is 2. The van der Waals surface area contributed by atoms with E-state index < -0.39 is 24.3 Å². The van der Waals surface area contributed by atoms with Crippen molar-refractivity contribution in [1.29, 1.82) is 0 Å². The van der Waals surface area contributed by atoms with E-state index in [9.17, 15) is 14.0 Å². The van der Waals surface area contributed by atoms with Crippen molar-refractivity contribution in [3.63, 3.8) is 0 Å². The van der Waals surface area contributed by atoms with Crippen LogP contribution in [0.3, 0.4) is 0 Å². The first-order valence-electron chi connectivity index (χ1n) is 7.70. The summed E-state index contributed by atoms with van der Waals surface area (Å²) in [6, 6.07) is 10.9. The molecular formula is C18H16FNO5. The van der Waals surface area contributed by atoms with Crippen molar-refractivity contribution in [3.8, 4) is 11.5 Å². The molecule has 0 radical (unpaired) electrons. The van der Waals surface area contributed by atoms with Crippen LogP contribution in [0.15, 0.2) is 42.5 Å². The molecule has 2 aromatic carbocycles. The maximum atomic E-state index is 13.4. The maximum Gasteiger partial charge on any atom is 0.310 e. The molecule has 7 heteroatoms. The van der Waals surface area contributed by atoms with Crippen LogP contribution in [-0.2, 0) is 20.7 Å². The van der Waals surface area contributed by atoms with Gasteiger partial charge < -0.3 is 19.5 Å². The maximum absolute atomic E-state index is 13.4. The summed E-state index contributed by atoms with van der Waals surface area (Å²) < 4.78 is 29.2. The molecule has 130 valence electrons. The zero-order chi connectivity index (χ0) is 17.6. The molecule has 0 atom stereocenters. The lowest BCUT2D eigenvalue weighted by Crippen LogP contribution is -2.22. The number of rotatable bonds is 5. The van der Waals surface area contributed by atoms with Crippen LogP contribution in [0.2, 0.25) is 0 Å². The van der Waals surface area contributed by atoms with Gasteiger partial charge in [0.05, 0.1) is 12.1 Å². The lowest BCUT2D eigenvalue weighted by molar-refractivity contribution is -0.146. The minimum Gasteiger partial charge on any atom is -0.486 e. The molecule has 0 saturated heterocycles. The van der Waals surface area contributed by atoms with Crippen LogP contribution >= 0.6 is 0 Å². The van der Waals surface area contributed by atoms with Crippen molar-refractivity contribution in [2.24, 2.45) is 0 Å². The second-order valence-electron chi connectivity index (χ2n) is 5.34. The second-order valence-corrected chi connectivity index (χ2v) is 5.34. The number of carbonyl (C=O) groups excluding carboxylic acids is 2. The Morgan fingerprint density at radius 3 is 2.64 bits per heavy atom. The highest BCUT2D eigenvalue weighted by Crippen LogP contribution is 2.30. The SMILES string of the molecule is O=C(COC(=O)Cc1ccc2c(c1)OCCO2)Nc1ccccc1F. The molecule has 2 aromatic rings. The number of fused-ring (bicyclic) bond motifs is 1. The van der Waals surface area contributed by atoms with Crippen molar-refractivity contribution in [2.45, 2.75) is 6.42 Å². The van der Waals surface area contributed by atoms with Crippen LogP contribution in [0.4, 0.5) is 10.1 Å². The van der Waals surface area contributed by atoms with Crippen LogP contribution in [0.25, 0.3) is 0 Å². The Hall–Kier alpha value is -3.09. The van der Waals surface area contributed by atoms with E-state index in [0.29, 0.717) is 30.3 Å². The summed E-state index contributed by atoms with van der Waals surface area (Å²) in [6.45, 7) is 0.459. The number of esters is 1. The van der Waals surface area contributed by atoms with Gasteiger partial charge in [0, 0.05) is 0 Å². The first-order valence-corrected chi connectivity index (χ1v) is 7.70. The second kappa shape index (κ2) is 7.65. The van der Waals surface area contributed by atoms with E-state index in [2.05, 4.69) is 5.32 Å². The summed E-state index contributed by atoms with van der Waals surface area (Å²) in [5.74, 6) is -0.527. The molecule has 0 aliphatic carbocycles. The zero-order valence-electron chi connectivity index (χ0n) is 13.3. The summed E-state index contributed by atoms with van der Waals surface area (Å²) in [4.78, 5) is 23.6. The fraction of sp³-hybridized carbons (Fsp3) is 0.222. The summed E-state index contributed by atoms with van der Waals surface area (Å²) in [5.41, 5.74) is 0.721. The smallest absolute Gasteiger partial charge is 0.310 e. The third-order valence-corrected chi connectivity index (χ3v) is 3.47. The number of benzene rings is 2. The van der Waals surface area contributed by atoms with Gasteiger partial charge in [0.25, 0.3) is 5.91 Å². The lowest BCUT2D eigenvalue weighted by atomic mass is 10.1. The van der Waals surface area contributed by atoms with E-state index in [-0.39, 0.29) is 12.1 Å². The van der Waals surface area contributed by atoms with Gasteiger partial charge >= 0.3 is 5.97 Å². The van der Waals surface area contributed by atoms with E-state index in [1.54, 1.807) is 24.3 Å². The molecule has 1 N–H and O–H groups in total. The van der Waals surface area contributed by atoms with Gasteiger partial charge in [0.1, 0.15) is 19.0 Å². The molecule has 1 amide bonds. The lowest BCUT2D eigenvalue weighted by Gasteiger charge is -2.18. The highest BCUT2D eigenvalue weighted by atomic mass is 19.1. The highest BCUT2D eigenvalue weighted by molar-refractivity contribution is 5.93. The Labute approximate surface area is 143 Å². The Balaban J connectivity index is 1.49. The molecule has 1 heterocycles. The Kier molecular flexibility index (Phi) is 5.13. The van der Waals surface area contributed by atoms with Gasteiger partial charge in [-0.15, -0.1) is 0 Å². The highest BCUT2D eigenvalue weighted by Gasteiger charge is 2.14. The monoisotopic (exact) mass is 345 g/mol. The van der Waals surface area contributed by atoms with E-state index in [1.807, 2.05) is 0 Å². The zero-order valence-corrected chi connectivity index (χ0v) is 13.3. The van der Waals surface area contributed by atoms with Crippen LogP contribution in [-0.4, -0.2) is 31.7 Å². The topological polar surface area (TPSA) is 73.9 Å². The summed E-state index contributed by atoms with van der Waals surface area (Å²) in [7, 11) is 0. The van der Waals surface area contributed by atoms with E-state index >= 15 is 0 Å². The molecule has 0 aromatic heterocycles. The number of anilines is 1. The fourth-order valence-electron chi connectivity index (χ4n) is 2.31. The minimum atomic E-state index is -0.611. The van der Waals surface area contributed by atoms with Crippen LogP contribution in [0.5, 0.6) is 11.5 Å². The number of para-hydroxylation sites is 1. The number of ether oxygens (including phenoxy) is 3. The number of nitrogens with one attached hydrogen (secondary N) is 1. The third kappa shape index (κ3) is 4.47. The van der Waals surface area contributed by atoms with Crippen molar-refractivity contribution in [2.75, 3.05) is 25.1 Å². The van der Waals surface area contributed by atoms with Crippen LogP contribution in [0, 0.1) is 5.82 Å². The number of hydrogen-bond donors (Lipinski definition) is 1. The quantitative estimate of drug-likeness (QED) is 0.842. The molecule has 6 nitrogen and oxygen atoms in total. The van der Waals surface area contributed by atoms with Gasteiger partial charge in [-0.05, 0) is 29.8 Å². The predicted octanol–water partition coefficient (Wildman–Crippen LogP) is 2.32. The molecular weight excluding hydrogens is 329 g/mol. The Morgan fingerprint density at radius 1 is 1.08 bits per heavy atom. The molecule has 0 unspecified atom stereocenters. The van der Waals surface area contributed by atoms with Crippen molar-refractivity contribution < 1.29 is 28.2 Å². The number of amides is 1. The predicted molar refractivity (Wildman–Crippen MR) is 87.1 cm³/mol. The van der Waals surface area contributed by atoms with Crippen molar-refractivity contribution in [3.05, 3.63) is 53.8 Å². The number of hydrogen-bond acceptors (Lipinski definition) is 5. The van der Waals surface area contributed by atoms with Crippen LogP contribution < -0.4 is 14.8 Å². The average Bonchev–Trinajstić information content (AvgIpc) is 2.62. The molecule has 1 aliphatic rings. The first-order chi connectivity index (χ1) is 12.1. The van der Waals surface area contributed by atoms with Crippen LogP contribution in [0.1, 0.15) is 5.56 Å². The van der Waals surface area contributed by atoms with Gasteiger partial charge in [-0.3, -0.25) is 9.59 Å². The van der Waals surface area contributed by atoms with Gasteiger partial charge in [0.15, 0.2) is 18.1 Å². The van der Waals surface area contributed by atoms with Crippen molar-refractivity contribution >= 4 is 17.6 Å². The average molecular weight is 345 g/mol. The summed E-state index contributed by atoms with van der Waals surface area (Å²) in [6.07, 6.45) is -0.0103. The van der Waals surface area contributed by atoms with Gasteiger partial charge in [0.2, 0.25) is 0 Å². The fourth-order valence-corrected chi connectivity index (χ4v) is 2.31. The number of halogens is 1.